The Balaban J connectivity index is 2.15. The zero-order chi connectivity index (χ0) is 14.1. The van der Waals surface area contributed by atoms with Crippen molar-refractivity contribution < 1.29 is 0 Å². The summed E-state index contributed by atoms with van der Waals surface area (Å²) in [4.78, 5) is 10.4. The van der Waals surface area contributed by atoms with Crippen LogP contribution in [0.2, 0.25) is 0 Å². The predicted molar refractivity (Wildman–Crippen MR) is 84.8 cm³/mol. The van der Waals surface area contributed by atoms with Crippen molar-refractivity contribution in [3.05, 3.63) is 45.7 Å². The fourth-order valence-electron chi connectivity index (χ4n) is 2.48. The highest BCUT2D eigenvalue weighted by Crippen LogP contribution is 2.24. The summed E-state index contributed by atoms with van der Waals surface area (Å²) in [6.45, 7) is 5.01. The molecule has 0 aliphatic heterocycles. The molecule has 3 nitrogen and oxygen atoms in total. The second-order valence-corrected chi connectivity index (χ2v) is 6.17. The van der Waals surface area contributed by atoms with Crippen LogP contribution in [0.25, 0.3) is 11.0 Å². The lowest BCUT2D eigenvalue weighted by Gasteiger charge is -2.09. The number of hydrogen-bond acceptors (Lipinski definition) is 3. The molecule has 2 aromatic heterocycles. The molecule has 0 N–H and O–H groups in total. The quantitative estimate of drug-likeness (QED) is 0.684. The van der Waals surface area contributed by atoms with Gasteiger partial charge < -0.3 is 4.57 Å². The van der Waals surface area contributed by atoms with E-state index >= 15 is 0 Å². The fraction of sp³-hybridized carbons (Fsp3) is 0.333. The van der Waals surface area contributed by atoms with Crippen molar-refractivity contribution in [2.45, 2.75) is 26.8 Å². The van der Waals surface area contributed by atoms with E-state index in [2.05, 4.69) is 41.6 Å². The molecule has 3 aromatic rings. The summed E-state index contributed by atoms with van der Waals surface area (Å²) in [7, 11) is 0. The molecule has 0 spiro atoms. The lowest BCUT2D eigenvalue weighted by Crippen LogP contribution is -2.06. The Bertz CT molecular complexity index is 745. The SMILES string of the molecule is Cc1ncsc1Cn1c(CCCl)nc2cccc(C)c21. The van der Waals surface area contributed by atoms with Crippen LogP contribution >= 0.6 is 22.9 Å². The summed E-state index contributed by atoms with van der Waals surface area (Å²) < 4.78 is 2.29. The Hall–Kier alpha value is -1.39. The molecule has 0 saturated heterocycles. The van der Waals surface area contributed by atoms with Crippen molar-refractivity contribution in [1.82, 2.24) is 14.5 Å². The van der Waals surface area contributed by atoms with Crippen molar-refractivity contribution in [2.24, 2.45) is 0 Å². The van der Waals surface area contributed by atoms with Gasteiger partial charge in [0.05, 0.1) is 28.8 Å². The Kier molecular flexibility index (Phi) is 3.76. The maximum atomic E-state index is 5.93. The lowest BCUT2D eigenvalue weighted by atomic mass is 10.2. The number of halogens is 1. The van der Waals surface area contributed by atoms with E-state index in [1.165, 1.54) is 16.0 Å². The van der Waals surface area contributed by atoms with Crippen molar-refractivity contribution in [2.75, 3.05) is 5.88 Å². The van der Waals surface area contributed by atoms with Crippen LogP contribution in [0.4, 0.5) is 0 Å². The van der Waals surface area contributed by atoms with Gasteiger partial charge in [0.25, 0.3) is 0 Å². The molecule has 0 aliphatic carbocycles. The average molecular weight is 306 g/mol. The molecule has 0 radical (unpaired) electrons. The number of fused-ring (bicyclic) bond motifs is 1. The van der Waals surface area contributed by atoms with Crippen LogP contribution < -0.4 is 0 Å². The molecular formula is C15H16ClN3S. The number of benzene rings is 1. The van der Waals surface area contributed by atoms with E-state index in [9.17, 15) is 0 Å². The van der Waals surface area contributed by atoms with Crippen LogP contribution in [0.1, 0.15) is 22.0 Å². The fourth-order valence-corrected chi connectivity index (χ4v) is 3.41. The van der Waals surface area contributed by atoms with Gasteiger partial charge in [0.15, 0.2) is 0 Å². The lowest BCUT2D eigenvalue weighted by molar-refractivity contribution is 0.757. The van der Waals surface area contributed by atoms with Gasteiger partial charge in [-0.3, -0.25) is 0 Å². The highest BCUT2D eigenvalue weighted by atomic mass is 35.5. The second kappa shape index (κ2) is 5.54. The van der Waals surface area contributed by atoms with Crippen molar-refractivity contribution in [1.29, 1.82) is 0 Å². The molecule has 0 atom stereocenters. The molecule has 20 heavy (non-hydrogen) atoms. The summed E-state index contributed by atoms with van der Waals surface area (Å²) in [5.74, 6) is 1.64. The molecular weight excluding hydrogens is 290 g/mol. The zero-order valence-electron chi connectivity index (χ0n) is 11.6. The minimum absolute atomic E-state index is 0.587. The highest BCUT2D eigenvalue weighted by Gasteiger charge is 2.14. The van der Waals surface area contributed by atoms with Gasteiger partial charge in [-0.25, -0.2) is 9.97 Å². The standard InChI is InChI=1S/C15H16ClN3S/c1-10-4-3-5-12-15(10)19(14(18-12)6-7-16)8-13-11(2)17-9-20-13/h3-5,9H,6-8H2,1-2H3. The van der Waals surface area contributed by atoms with Crippen LogP contribution in [-0.2, 0) is 13.0 Å². The maximum Gasteiger partial charge on any atom is 0.111 e. The molecule has 0 saturated carbocycles. The van der Waals surface area contributed by atoms with Crippen molar-refractivity contribution in [3.63, 3.8) is 0 Å². The van der Waals surface area contributed by atoms with Gasteiger partial charge in [0.2, 0.25) is 0 Å². The molecule has 0 fully saturated rings. The monoisotopic (exact) mass is 305 g/mol. The molecule has 0 bridgehead atoms. The number of imidazole rings is 1. The van der Waals surface area contributed by atoms with Gasteiger partial charge >= 0.3 is 0 Å². The normalized spacial score (nSPS) is 11.3. The largest absolute Gasteiger partial charge is 0.322 e. The van der Waals surface area contributed by atoms with E-state index in [1.807, 2.05) is 5.51 Å². The van der Waals surface area contributed by atoms with Crippen LogP contribution in [0.15, 0.2) is 23.7 Å². The van der Waals surface area contributed by atoms with Crippen molar-refractivity contribution in [3.8, 4) is 0 Å². The summed E-state index contributed by atoms with van der Waals surface area (Å²) >= 11 is 7.62. The Morgan fingerprint density at radius 2 is 2.15 bits per heavy atom. The number of hydrogen-bond donors (Lipinski definition) is 0. The zero-order valence-corrected chi connectivity index (χ0v) is 13.1. The third kappa shape index (κ3) is 2.34. The molecule has 0 aliphatic rings. The Labute approximate surface area is 127 Å². The third-order valence-electron chi connectivity index (χ3n) is 3.51. The Morgan fingerprint density at radius 1 is 1.30 bits per heavy atom. The van der Waals surface area contributed by atoms with Crippen LogP contribution in [-0.4, -0.2) is 20.4 Å². The van der Waals surface area contributed by atoms with E-state index in [-0.39, 0.29) is 0 Å². The van der Waals surface area contributed by atoms with Gasteiger partial charge in [-0.05, 0) is 25.5 Å². The molecule has 0 amide bonds. The number of rotatable bonds is 4. The number of alkyl halides is 1. The van der Waals surface area contributed by atoms with Crippen molar-refractivity contribution >= 4 is 34.0 Å². The number of para-hydroxylation sites is 1. The summed E-state index contributed by atoms with van der Waals surface area (Å²) in [6, 6.07) is 6.25. The van der Waals surface area contributed by atoms with E-state index in [4.69, 9.17) is 16.6 Å². The number of aromatic nitrogens is 3. The van der Waals surface area contributed by atoms with Crippen LogP contribution in [0.3, 0.4) is 0 Å². The molecule has 3 rings (SSSR count). The van der Waals surface area contributed by atoms with E-state index < -0.39 is 0 Å². The minimum atomic E-state index is 0.587. The maximum absolute atomic E-state index is 5.93. The summed E-state index contributed by atoms with van der Waals surface area (Å²) in [5, 5.41) is 0. The Morgan fingerprint density at radius 3 is 2.85 bits per heavy atom. The topological polar surface area (TPSA) is 30.7 Å². The number of nitrogens with zero attached hydrogens (tertiary/aromatic N) is 3. The molecule has 1 aromatic carbocycles. The van der Waals surface area contributed by atoms with Gasteiger partial charge in [-0.1, -0.05) is 12.1 Å². The first kappa shape index (κ1) is 13.6. The van der Waals surface area contributed by atoms with Crippen LogP contribution in [0.5, 0.6) is 0 Å². The van der Waals surface area contributed by atoms with Gasteiger partial charge in [-0.15, -0.1) is 22.9 Å². The van der Waals surface area contributed by atoms with Crippen LogP contribution in [0, 0.1) is 13.8 Å². The first-order valence-corrected chi connectivity index (χ1v) is 8.01. The number of aryl methyl sites for hydroxylation is 3. The van der Waals surface area contributed by atoms with Gasteiger partial charge in [0.1, 0.15) is 5.82 Å². The predicted octanol–water partition coefficient (Wildman–Crippen LogP) is 3.94. The molecule has 104 valence electrons. The van der Waals surface area contributed by atoms with Gasteiger partial charge in [-0.2, -0.15) is 0 Å². The van der Waals surface area contributed by atoms with E-state index in [0.717, 1.165) is 30.0 Å². The summed E-state index contributed by atoms with van der Waals surface area (Å²) in [6.07, 6.45) is 0.785. The van der Waals surface area contributed by atoms with E-state index in [0.29, 0.717) is 5.88 Å². The summed E-state index contributed by atoms with van der Waals surface area (Å²) in [5.41, 5.74) is 6.51. The molecule has 2 heterocycles. The minimum Gasteiger partial charge on any atom is -0.322 e. The molecule has 0 unspecified atom stereocenters. The first-order valence-electron chi connectivity index (χ1n) is 6.60. The molecule has 5 heteroatoms. The first-order chi connectivity index (χ1) is 9.70. The smallest absolute Gasteiger partial charge is 0.111 e. The highest BCUT2D eigenvalue weighted by molar-refractivity contribution is 7.09. The average Bonchev–Trinajstić information content (AvgIpc) is 2.97. The second-order valence-electron chi connectivity index (χ2n) is 4.86. The third-order valence-corrected chi connectivity index (χ3v) is 4.62. The van der Waals surface area contributed by atoms with E-state index in [1.54, 1.807) is 11.3 Å². The number of thiazole rings is 1. The van der Waals surface area contributed by atoms with Gasteiger partial charge in [0, 0.05) is 17.2 Å².